The van der Waals surface area contributed by atoms with E-state index in [-0.39, 0.29) is 6.04 Å². The molecule has 0 unspecified atom stereocenters. The first-order valence-corrected chi connectivity index (χ1v) is 9.11. The lowest BCUT2D eigenvalue weighted by Gasteiger charge is -2.26. The first kappa shape index (κ1) is 20.9. The van der Waals surface area contributed by atoms with Crippen molar-refractivity contribution in [3.8, 4) is 5.75 Å². The van der Waals surface area contributed by atoms with Crippen LogP contribution in [0.1, 0.15) is 18.0 Å². The number of methoxy groups -OCH3 is 1. The average Bonchev–Trinajstić information content (AvgIpc) is 2.65. The van der Waals surface area contributed by atoms with Gasteiger partial charge in [0.25, 0.3) is 10.9 Å². The van der Waals surface area contributed by atoms with Crippen molar-refractivity contribution in [2.45, 2.75) is 12.5 Å². The molecule has 2 aromatic rings. The topological polar surface area (TPSA) is 73.9 Å². The summed E-state index contributed by atoms with van der Waals surface area (Å²) in [6.45, 7) is 2.11. The first-order valence-electron chi connectivity index (χ1n) is 9.11. The molecule has 0 saturated carbocycles. The molecule has 0 aliphatic rings. The van der Waals surface area contributed by atoms with E-state index in [1.807, 2.05) is 52.5 Å². The second-order valence-electron chi connectivity index (χ2n) is 7.13. The molecule has 0 aromatic heterocycles. The highest BCUT2D eigenvalue weighted by molar-refractivity contribution is 5.74. The zero-order valence-corrected chi connectivity index (χ0v) is 16.8. The summed E-state index contributed by atoms with van der Waals surface area (Å²) < 4.78 is 5.21. The number of ether oxygens (including phenoxy) is 1. The van der Waals surface area contributed by atoms with Crippen molar-refractivity contribution in [1.82, 2.24) is 9.80 Å². The largest absolute Gasteiger partial charge is 0.497 e. The Hall–Kier alpha value is -2.38. The normalized spacial score (nSPS) is 12.6. The van der Waals surface area contributed by atoms with Gasteiger partial charge in [-0.3, -0.25) is 9.59 Å². The number of likely N-dealkylation sites (N-methyl/N-ethyl adjacent to an activating group) is 1. The van der Waals surface area contributed by atoms with Crippen LogP contribution in [-0.2, 0) is 0 Å². The Balaban J connectivity index is 2.01. The molecule has 0 amide bonds. The molecule has 2 aromatic carbocycles. The minimum absolute atomic E-state index is 0.0573. The number of benzene rings is 1. The predicted molar refractivity (Wildman–Crippen MR) is 111 cm³/mol. The van der Waals surface area contributed by atoms with Crippen LogP contribution in [0.15, 0.2) is 33.9 Å². The molecule has 2 rings (SSSR count). The molecule has 7 heteroatoms. The van der Waals surface area contributed by atoms with E-state index in [0.717, 1.165) is 24.3 Å². The Kier molecular flexibility index (Phi) is 7.38. The smallest absolute Gasteiger partial charge is 0.253 e. The molecular weight excluding hydrogens is 344 g/mol. The Bertz CT molecular complexity index is 793. The zero-order valence-electron chi connectivity index (χ0n) is 16.8. The van der Waals surface area contributed by atoms with Gasteiger partial charge in [-0.25, -0.2) is 0 Å². The van der Waals surface area contributed by atoms with E-state index in [9.17, 15) is 9.59 Å². The van der Waals surface area contributed by atoms with E-state index in [0.29, 0.717) is 24.5 Å². The summed E-state index contributed by atoms with van der Waals surface area (Å²) >= 11 is 0. The number of rotatable bonds is 11. The summed E-state index contributed by atoms with van der Waals surface area (Å²) in [7, 11) is 9.62. The SMILES string of the molecule is COc1ccc([C@@H](CNc2c(NCCCN(C)C)c(=O)c2=O)N(C)C)cc1. The van der Waals surface area contributed by atoms with Crippen molar-refractivity contribution in [2.24, 2.45) is 0 Å². The summed E-state index contributed by atoms with van der Waals surface area (Å²) in [5.41, 5.74) is 1.02. The second kappa shape index (κ2) is 9.53. The van der Waals surface area contributed by atoms with Crippen LogP contribution in [0.25, 0.3) is 0 Å². The molecule has 0 bridgehead atoms. The van der Waals surface area contributed by atoms with Gasteiger partial charge >= 0.3 is 0 Å². The molecule has 0 radical (unpaired) electrons. The number of hydrogen-bond acceptors (Lipinski definition) is 7. The molecular formula is C20H30N4O3. The maximum absolute atomic E-state index is 12.0. The minimum atomic E-state index is -0.447. The third-order valence-electron chi connectivity index (χ3n) is 4.59. The van der Waals surface area contributed by atoms with Gasteiger partial charge in [-0.15, -0.1) is 0 Å². The van der Waals surface area contributed by atoms with Crippen molar-refractivity contribution in [3.63, 3.8) is 0 Å². The van der Waals surface area contributed by atoms with E-state index in [1.54, 1.807) is 7.11 Å². The molecule has 0 fully saturated rings. The van der Waals surface area contributed by atoms with Gasteiger partial charge < -0.3 is 25.2 Å². The van der Waals surface area contributed by atoms with E-state index in [2.05, 4.69) is 20.4 Å². The average molecular weight is 374 g/mol. The molecule has 7 nitrogen and oxygen atoms in total. The van der Waals surface area contributed by atoms with Gasteiger partial charge in [0.2, 0.25) is 0 Å². The fraction of sp³-hybridized carbons (Fsp3) is 0.500. The first-order chi connectivity index (χ1) is 12.8. The van der Waals surface area contributed by atoms with Gasteiger partial charge in [0, 0.05) is 13.1 Å². The molecule has 148 valence electrons. The van der Waals surface area contributed by atoms with E-state index in [1.165, 1.54) is 0 Å². The van der Waals surface area contributed by atoms with Gasteiger partial charge in [0.1, 0.15) is 17.1 Å². The standard InChI is InChI=1S/C20H30N4O3/c1-23(2)12-6-11-21-17-18(20(26)19(17)25)22-13-16(24(3)4)14-7-9-15(27-5)10-8-14/h7-10,16,21-22H,6,11-13H2,1-5H3/t16-/m1/s1. The number of hydrogen-bond donors (Lipinski definition) is 2. The van der Waals surface area contributed by atoms with Crippen molar-refractivity contribution >= 4 is 11.4 Å². The Morgan fingerprint density at radius 2 is 1.56 bits per heavy atom. The lowest BCUT2D eigenvalue weighted by Crippen LogP contribution is -2.39. The highest BCUT2D eigenvalue weighted by atomic mass is 16.5. The third kappa shape index (κ3) is 5.30. The molecule has 0 heterocycles. The van der Waals surface area contributed by atoms with E-state index >= 15 is 0 Å². The van der Waals surface area contributed by atoms with Crippen LogP contribution < -0.4 is 26.2 Å². The van der Waals surface area contributed by atoms with Crippen LogP contribution in [0.3, 0.4) is 0 Å². The molecule has 27 heavy (non-hydrogen) atoms. The number of nitrogens with one attached hydrogen (secondary N) is 2. The summed E-state index contributed by atoms with van der Waals surface area (Å²) in [5, 5.41) is 6.27. The van der Waals surface area contributed by atoms with Crippen LogP contribution in [0.5, 0.6) is 5.75 Å². The lowest BCUT2D eigenvalue weighted by molar-refractivity contribution is 0.311. The summed E-state index contributed by atoms with van der Waals surface area (Å²) in [6.07, 6.45) is 0.900. The van der Waals surface area contributed by atoms with Gasteiger partial charge in [-0.05, 0) is 58.9 Å². The summed E-state index contributed by atoms with van der Waals surface area (Å²) in [5.74, 6) is 0.802. The summed E-state index contributed by atoms with van der Waals surface area (Å²) in [4.78, 5) is 28.0. The van der Waals surface area contributed by atoms with Crippen LogP contribution in [0, 0.1) is 0 Å². The van der Waals surface area contributed by atoms with E-state index in [4.69, 9.17) is 4.74 Å². The van der Waals surface area contributed by atoms with Crippen LogP contribution >= 0.6 is 0 Å². The van der Waals surface area contributed by atoms with Crippen molar-refractivity contribution in [2.75, 3.05) is 65.6 Å². The van der Waals surface area contributed by atoms with Crippen LogP contribution in [-0.4, -0.2) is 64.7 Å². The quantitative estimate of drug-likeness (QED) is 0.454. The minimum Gasteiger partial charge on any atom is -0.497 e. The summed E-state index contributed by atoms with van der Waals surface area (Å²) in [6, 6.07) is 7.91. The number of anilines is 2. The zero-order chi connectivity index (χ0) is 20.0. The predicted octanol–water partition coefficient (Wildman–Crippen LogP) is 1.37. The third-order valence-corrected chi connectivity index (χ3v) is 4.59. The van der Waals surface area contributed by atoms with E-state index < -0.39 is 10.9 Å². The fourth-order valence-corrected chi connectivity index (χ4v) is 2.96. The molecule has 0 aliphatic carbocycles. The Labute approximate surface area is 160 Å². The maximum Gasteiger partial charge on any atom is 0.253 e. The highest BCUT2D eigenvalue weighted by Gasteiger charge is 2.22. The van der Waals surface area contributed by atoms with Gasteiger partial charge in [0.15, 0.2) is 0 Å². The van der Waals surface area contributed by atoms with Crippen molar-refractivity contribution in [1.29, 1.82) is 0 Å². The monoisotopic (exact) mass is 374 g/mol. The second-order valence-corrected chi connectivity index (χ2v) is 7.13. The van der Waals surface area contributed by atoms with Gasteiger partial charge in [-0.2, -0.15) is 0 Å². The molecule has 1 atom stereocenters. The Morgan fingerprint density at radius 3 is 2.07 bits per heavy atom. The molecule has 2 N–H and O–H groups in total. The van der Waals surface area contributed by atoms with Gasteiger partial charge in [0.05, 0.1) is 13.2 Å². The van der Waals surface area contributed by atoms with Crippen LogP contribution in [0.2, 0.25) is 0 Å². The Morgan fingerprint density at radius 1 is 0.963 bits per heavy atom. The highest BCUT2D eigenvalue weighted by Crippen LogP contribution is 2.23. The van der Waals surface area contributed by atoms with Gasteiger partial charge in [-0.1, -0.05) is 12.1 Å². The van der Waals surface area contributed by atoms with Crippen molar-refractivity contribution < 1.29 is 4.74 Å². The number of nitrogens with zero attached hydrogens (tertiary/aromatic N) is 2. The van der Waals surface area contributed by atoms with Crippen LogP contribution in [0.4, 0.5) is 11.4 Å². The fourth-order valence-electron chi connectivity index (χ4n) is 2.96. The lowest BCUT2D eigenvalue weighted by atomic mass is 10.0. The maximum atomic E-state index is 12.0. The molecule has 0 aliphatic heterocycles. The molecule has 0 saturated heterocycles. The molecule has 0 spiro atoms. The van der Waals surface area contributed by atoms with Crippen molar-refractivity contribution in [3.05, 3.63) is 50.3 Å².